The average molecular weight is 366 g/mol. The van der Waals surface area contributed by atoms with Gasteiger partial charge in [-0.25, -0.2) is 9.59 Å². The number of hydrogen-bond donors (Lipinski definition) is 4. The molecule has 0 spiro atoms. The number of aliphatic hydroxyl groups is 2. The van der Waals surface area contributed by atoms with E-state index in [2.05, 4.69) is 19.7 Å². The van der Waals surface area contributed by atoms with Crippen molar-refractivity contribution in [3.63, 3.8) is 0 Å². The van der Waals surface area contributed by atoms with Gasteiger partial charge in [-0.1, -0.05) is 69.5 Å². The standard InChI is InChI=1S/C8H8.2C4H6O2.C4H10O2/c1-2-8-6-4-3-5-7-8;2*1-3(2)4(5)6;1-2-3-4(5)6/h2-7H,1H2;2*1H2,2H3,(H,5,6);4-6H,2-3H2,1H3. The first-order chi connectivity index (χ1) is 12.0. The molecule has 0 fully saturated rings. The summed E-state index contributed by atoms with van der Waals surface area (Å²) in [6.45, 7) is 14.7. The van der Waals surface area contributed by atoms with Crippen LogP contribution in [0.2, 0.25) is 0 Å². The van der Waals surface area contributed by atoms with Crippen molar-refractivity contribution in [1.29, 1.82) is 0 Å². The van der Waals surface area contributed by atoms with Gasteiger partial charge < -0.3 is 20.4 Å². The summed E-state index contributed by atoms with van der Waals surface area (Å²) < 4.78 is 0. The van der Waals surface area contributed by atoms with E-state index in [0.717, 1.165) is 6.42 Å². The molecule has 1 aromatic rings. The molecular weight excluding hydrogens is 336 g/mol. The van der Waals surface area contributed by atoms with Gasteiger partial charge in [0.25, 0.3) is 0 Å². The van der Waals surface area contributed by atoms with Crippen molar-refractivity contribution >= 4 is 18.0 Å². The summed E-state index contributed by atoms with van der Waals surface area (Å²) in [5.41, 5.74) is 1.53. The molecule has 0 bridgehead atoms. The zero-order chi connectivity index (χ0) is 21.1. The molecule has 6 nitrogen and oxygen atoms in total. The highest BCUT2D eigenvalue weighted by molar-refractivity contribution is 5.85. The molecule has 26 heavy (non-hydrogen) atoms. The minimum atomic E-state index is -1.10. The number of benzene rings is 1. The van der Waals surface area contributed by atoms with Crippen LogP contribution in [0.1, 0.15) is 39.2 Å². The summed E-state index contributed by atoms with van der Waals surface area (Å²) in [7, 11) is 0. The van der Waals surface area contributed by atoms with Crippen LogP contribution in [0.15, 0.2) is 61.2 Å². The van der Waals surface area contributed by atoms with Gasteiger partial charge in [0.15, 0.2) is 6.29 Å². The molecule has 0 aliphatic heterocycles. The van der Waals surface area contributed by atoms with Gasteiger partial charge in [0.1, 0.15) is 0 Å². The van der Waals surface area contributed by atoms with Gasteiger partial charge in [-0.3, -0.25) is 0 Å². The zero-order valence-electron chi connectivity index (χ0n) is 15.7. The maximum atomic E-state index is 9.60. The Morgan fingerprint density at radius 2 is 1.35 bits per heavy atom. The van der Waals surface area contributed by atoms with E-state index in [-0.39, 0.29) is 11.1 Å². The molecule has 0 radical (unpaired) electrons. The van der Waals surface area contributed by atoms with Gasteiger partial charge >= 0.3 is 11.9 Å². The van der Waals surface area contributed by atoms with Crippen LogP contribution >= 0.6 is 0 Å². The smallest absolute Gasteiger partial charge is 0.330 e. The second-order valence-corrected chi connectivity index (χ2v) is 5.06. The van der Waals surface area contributed by atoms with Crippen LogP contribution in [-0.2, 0) is 9.59 Å². The molecule has 0 unspecified atom stereocenters. The molecule has 0 amide bonds. The molecule has 0 aliphatic rings. The Hall–Kier alpha value is -2.70. The molecule has 6 heteroatoms. The van der Waals surface area contributed by atoms with E-state index in [1.54, 1.807) is 0 Å². The van der Waals surface area contributed by atoms with Crippen molar-refractivity contribution in [3.05, 3.63) is 66.8 Å². The summed E-state index contributed by atoms with van der Waals surface area (Å²) in [5, 5.41) is 32.0. The lowest BCUT2D eigenvalue weighted by Crippen LogP contribution is -2.01. The molecule has 1 aromatic carbocycles. The Kier molecular flexibility index (Phi) is 20.2. The van der Waals surface area contributed by atoms with Gasteiger partial charge in [-0.05, 0) is 25.8 Å². The topological polar surface area (TPSA) is 115 Å². The van der Waals surface area contributed by atoms with E-state index < -0.39 is 18.2 Å². The van der Waals surface area contributed by atoms with E-state index in [4.69, 9.17) is 20.4 Å². The first-order valence-corrected chi connectivity index (χ1v) is 7.80. The van der Waals surface area contributed by atoms with Crippen molar-refractivity contribution in [2.75, 3.05) is 0 Å². The second-order valence-electron chi connectivity index (χ2n) is 5.06. The molecule has 0 saturated carbocycles. The minimum Gasteiger partial charge on any atom is -0.478 e. The van der Waals surface area contributed by atoms with Crippen LogP contribution in [0.4, 0.5) is 0 Å². The summed E-state index contributed by atoms with van der Waals surface area (Å²) in [4.78, 5) is 19.2. The zero-order valence-corrected chi connectivity index (χ0v) is 15.7. The third-order valence-electron chi connectivity index (χ3n) is 2.31. The Balaban J connectivity index is -0.000000275. The normalized spacial score (nSPS) is 8.38. The largest absolute Gasteiger partial charge is 0.478 e. The molecular formula is C20H30O6. The summed E-state index contributed by atoms with van der Waals surface area (Å²) in [5.74, 6) is -1.87. The molecule has 0 aromatic heterocycles. The van der Waals surface area contributed by atoms with E-state index >= 15 is 0 Å². The molecule has 0 heterocycles. The highest BCUT2D eigenvalue weighted by atomic mass is 16.5. The van der Waals surface area contributed by atoms with Crippen molar-refractivity contribution in [3.8, 4) is 0 Å². The quantitative estimate of drug-likeness (QED) is 0.466. The maximum Gasteiger partial charge on any atom is 0.330 e. The van der Waals surface area contributed by atoms with Gasteiger partial charge in [0.2, 0.25) is 0 Å². The van der Waals surface area contributed by atoms with Crippen LogP contribution in [0, 0.1) is 0 Å². The highest BCUT2D eigenvalue weighted by Crippen LogP contribution is 1.97. The van der Waals surface area contributed by atoms with Crippen molar-refractivity contribution in [2.45, 2.75) is 39.9 Å². The first kappa shape index (κ1) is 28.1. The van der Waals surface area contributed by atoms with Crippen molar-refractivity contribution in [1.82, 2.24) is 0 Å². The molecule has 146 valence electrons. The highest BCUT2D eigenvalue weighted by Gasteiger charge is 1.91. The van der Waals surface area contributed by atoms with Gasteiger partial charge in [0.05, 0.1) is 0 Å². The Bertz CT molecular complexity index is 499. The SMILES string of the molecule is C=C(C)C(=O)O.C=C(C)C(=O)O.C=Cc1ccccc1.CCCC(O)O. The monoisotopic (exact) mass is 366 g/mol. The third-order valence-corrected chi connectivity index (χ3v) is 2.31. The Morgan fingerprint density at radius 1 is 1.00 bits per heavy atom. The van der Waals surface area contributed by atoms with Crippen molar-refractivity contribution in [2.24, 2.45) is 0 Å². The fourth-order valence-corrected chi connectivity index (χ4v) is 0.847. The number of carboxylic acids is 2. The second kappa shape index (κ2) is 18.6. The predicted molar refractivity (Wildman–Crippen MR) is 105 cm³/mol. The van der Waals surface area contributed by atoms with E-state index in [1.807, 2.05) is 43.3 Å². The van der Waals surface area contributed by atoms with Crippen LogP contribution in [0.3, 0.4) is 0 Å². The number of aliphatic carboxylic acids is 2. The summed E-state index contributed by atoms with van der Waals surface area (Å²) >= 11 is 0. The maximum absolute atomic E-state index is 9.60. The molecule has 4 N–H and O–H groups in total. The lowest BCUT2D eigenvalue weighted by molar-refractivity contribution is -0.133. The number of hydrogen-bond acceptors (Lipinski definition) is 4. The lowest BCUT2D eigenvalue weighted by atomic mass is 10.2. The van der Waals surface area contributed by atoms with E-state index in [9.17, 15) is 9.59 Å². The van der Waals surface area contributed by atoms with E-state index in [0.29, 0.717) is 6.42 Å². The minimum absolute atomic E-state index is 0.176. The van der Waals surface area contributed by atoms with Gasteiger partial charge in [-0.15, -0.1) is 0 Å². The summed E-state index contributed by atoms with van der Waals surface area (Å²) in [6, 6.07) is 10.0. The number of aliphatic hydroxyl groups excluding tert-OH is 1. The third kappa shape index (κ3) is 26.2. The molecule has 0 aliphatic carbocycles. The number of rotatable bonds is 5. The average Bonchev–Trinajstić information content (AvgIpc) is 2.57. The van der Waals surface area contributed by atoms with E-state index in [1.165, 1.54) is 19.4 Å². The van der Waals surface area contributed by atoms with Crippen LogP contribution < -0.4 is 0 Å². The molecule has 0 atom stereocenters. The molecule has 1 rings (SSSR count). The summed E-state index contributed by atoms with van der Waals surface area (Å²) in [6.07, 6.45) is 2.05. The van der Waals surface area contributed by atoms with Gasteiger partial charge in [-0.2, -0.15) is 0 Å². The Morgan fingerprint density at radius 3 is 1.46 bits per heavy atom. The van der Waals surface area contributed by atoms with Crippen molar-refractivity contribution < 1.29 is 30.0 Å². The fourth-order valence-electron chi connectivity index (χ4n) is 0.847. The predicted octanol–water partition coefficient (Wildman–Crippen LogP) is 3.72. The Labute approximate surface area is 155 Å². The van der Waals surface area contributed by atoms with Crippen LogP contribution in [-0.4, -0.2) is 38.7 Å². The lowest BCUT2D eigenvalue weighted by Gasteiger charge is -1.94. The van der Waals surface area contributed by atoms with Crippen LogP contribution in [0.5, 0.6) is 0 Å². The van der Waals surface area contributed by atoms with Crippen LogP contribution in [0.25, 0.3) is 6.08 Å². The van der Waals surface area contributed by atoms with Gasteiger partial charge in [0, 0.05) is 11.1 Å². The number of carboxylic acid groups (broad SMARTS) is 2. The first-order valence-electron chi connectivity index (χ1n) is 7.80. The number of carbonyl (C=O) groups is 2. The molecule has 0 saturated heterocycles. The fraction of sp³-hybridized carbons (Fsp3) is 0.300.